The van der Waals surface area contributed by atoms with Crippen LogP contribution >= 0.6 is 0 Å². The van der Waals surface area contributed by atoms with Crippen molar-refractivity contribution in [2.45, 2.75) is 25.8 Å². The van der Waals surface area contributed by atoms with Gasteiger partial charge in [-0.05, 0) is 19.4 Å². The molecule has 0 saturated heterocycles. The number of hydrogen-bond acceptors (Lipinski definition) is 3. The van der Waals surface area contributed by atoms with Crippen LogP contribution in [0.2, 0.25) is 0 Å². The van der Waals surface area contributed by atoms with Crippen LogP contribution in [0.25, 0.3) is 0 Å². The molecule has 13 heavy (non-hydrogen) atoms. The number of nitrogens with zero attached hydrogens (tertiary/aromatic N) is 1. The van der Waals surface area contributed by atoms with E-state index in [9.17, 15) is 8.42 Å². The molecule has 0 aromatic carbocycles. The first-order chi connectivity index (χ1) is 6.08. The van der Waals surface area contributed by atoms with Gasteiger partial charge >= 0.3 is 0 Å². The largest absolute Gasteiger partial charge is 0.316 e. The molecule has 1 saturated carbocycles. The molecule has 78 valence electrons. The molecule has 0 unspecified atom stereocenters. The fraction of sp³-hybridized carbons (Fsp3) is 1.00. The van der Waals surface area contributed by atoms with Gasteiger partial charge in [-0.25, -0.2) is 12.7 Å². The monoisotopic (exact) mass is 206 g/mol. The predicted molar refractivity (Wildman–Crippen MR) is 53.1 cm³/mol. The molecule has 5 heteroatoms. The normalized spacial score (nSPS) is 18.1. The van der Waals surface area contributed by atoms with Crippen LogP contribution in [0, 0.1) is 0 Å². The summed E-state index contributed by atoms with van der Waals surface area (Å²) in [6.07, 6.45) is 2.05. The van der Waals surface area contributed by atoms with Crippen LogP contribution in [0.4, 0.5) is 0 Å². The molecule has 0 atom stereocenters. The Hall–Kier alpha value is -0.130. The van der Waals surface area contributed by atoms with Gasteiger partial charge in [0.05, 0.1) is 5.75 Å². The lowest BCUT2D eigenvalue weighted by Crippen LogP contribution is -2.34. The average Bonchev–Trinajstić information content (AvgIpc) is 2.86. The molecule has 4 nitrogen and oxygen atoms in total. The summed E-state index contributed by atoms with van der Waals surface area (Å²) in [5.41, 5.74) is 0. The number of rotatable bonds is 6. The highest BCUT2D eigenvalue weighted by atomic mass is 32.2. The molecule has 0 amide bonds. The standard InChI is InChI=1S/C8H18N2O2S/c1-3-9-6-7-13(11,12)10(2)8-4-5-8/h8-9H,3-7H2,1-2H3. The Kier molecular flexibility index (Phi) is 3.70. The number of sulfonamides is 1. The first kappa shape index (κ1) is 10.9. The van der Waals surface area contributed by atoms with E-state index in [0.717, 1.165) is 19.4 Å². The molecule has 0 aromatic heterocycles. The van der Waals surface area contributed by atoms with E-state index in [2.05, 4.69) is 5.32 Å². The van der Waals surface area contributed by atoms with E-state index in [-0.39, 0.29) is 11.8 Å². The zero-order valence-electron chi connectivity index (χ0n) is 8.28. The second-order valence-corrected chi connectivity index (χ2v) is 5.56. The molecule has 0 spiro atoms. The lowest BCUT2D eigenvalue weighted by molar-refractivity contribution is 0.463. The zero-order valence-corrected chi connectivity index (χ0v) is 9.10. The van der Waals surface area contributed by atoms with E-state index in [1.165, 1.54) is 4.31 Å². The summed E-state index contributed by atoms with van der Waals surface area (Å²) in [6, 6.07) is 0.284. The third kappa shape index (κ3) is 3.25. The number of nitrogens with one attached hydrogen (secondary N) is 1. The van der Waals surface area contributed by atoms with Crippen LogP contribution < -0.4 is 5.32 Å². The minimum absolute atomic E-state index is 0.216. The van der Waals surface area contributed by atoms with Crippen molar-refractivity contribution >= 4 is 10.0 Å². The summed E-state index contributed by atoms with van der Waals surface area (Å²) in [5, 5.41) is 3.01. The lowest BCUT2D eigenvalue weighted by Gasteiger charge is -2.15. The first-order valence-corrected chi connectivity index (χ1v) is 6.35. The molecule has 1 rings (SSSR count). The molecule has 0 aliphatic heterocycles. The Balaban J connectivity index is 2.35. The van der Waals surface area contributed by atoms with E-state index in [0.29, 0.717) is 6.54 Å². The van der Waals surface area contributed by atoms with Crippen molar-refractivity contribution in [2.75, 3.05) is 25.9 Å². The molecular weight excluding hydrogens is 188 g/mol. The maximum atomic E-state index is 11.6. The van der Waals surface area contributed by atoms with E-state index < -0.39 is 10.0 Å². The lowest BCUT2D eigenvalue weighted by atomic mass is 10.7. The zero-order chi connectivity index (χ0) is 9.90. The van der Waals surface area contributed by atoms with Crippen LogP contribution in [0.3, 0.4) is 0 Å². The Morgan fingerprint density at radius 1 is 1.46 bits per heavy atom. The molecule has 1 N–H and O–H groups in total. The summed E-state index contributed by atoms with van der Waals surface area (Å²) in [6.45, 7) is 3.34. The summed E-state index contributed by atoms with van der Waals surface area (Å²) in [7, 11) is -1.32. The summed E-state index contributed by atoms with van der Waals surface area (Å²) >= 11 is 0. The van der Waals surface area contributed by atoms with Gasteiger partial charge in [0.1, 0.15) is 0 Å². The van der Waals surface area contributed by atoms with Crippen molar-refractivity contribution in [3.05, 3.63) is 0 Å². The fourth-order valence-electron chi connectivity index (χ4n) is 1.19. The van der Waals surface area contributed by atoms with Crippen molar-refractivity contribution in [3.8, 4) is 0 Å². The van der Waals surface area contributed by atoms with Gasteiger partial charge < -0.3 is 5.32 Å². The van der Waals surface area contributed by atoms with E-state index >= 15 is 0 Å². The van der Waals surface area contributed by atoms with Gasteiger partial charge in [-0.2, -0.15) is 0 Å². The quantitative estimate of drug-likeness (QED) is 0.623. The highest BCUT2D eigenvalue weighted by molar-refractivity contribution is 7.89. The highest BCUT2D eigenvalue weighted by Crippen LogP contribution is 2.27. The van der Waals surface area contributed by atoms with Crippen LogP contribution in [0.1, 0.15) is 19.8 Å². The number of hydrogen-bond donors (Lipinski definition) is 1. The molecule has 0 bridgehead atoms. The van der Waals surface area contributed by atoms with Gasteiger partial charge in [-0.3, -0.25) is 0 Å². The predicted octanol–water partition coefficient (Wildman–Crippen LogP) is 0.0199. The van der Waals surface area contributed by atoms with Crippen LogP contribution in [-0.4, -0.2) is 44.7 Å². The summed E-state index contributed by atoms with van der Waals surface area (Å²) in [5.74, 6) is 0.216. The van der Waals surface area contributed by atoms with Crippen LogP contribution in [0.5, 0.6) is 0 Å². The SMILES string of the molecule is CCNCCS(=O)(=O)N(C)C1CC1. The Morgan fingerprint density at radius 3 is 2.54 bits per heavy atom. The maximum Gasteiger partial charge on any atom is 0.215 e. The Morgan fingerprint density at radius 2 is 2.08 bits per heavy atom. The minimum Gasteiger partial charge on any atom is -0.316 e. The molecule has 1 fully saturated rings. The van der Waals surface area contributed by atoms with Crippen LogP contribution in [-0.2, 0) is 10.0 Å². The van der Waals surface area contributed by atoms with Crippen molar-refractivity contribution in [1.29, 1.82) is 0 Å². The third-order valence-corrected chi connectivity index (χ3v) is 4.18. The van der Waals surface area contributed by atoms with Crippen molar-refractivity contribution in [1.82, 2.24) is 9.62 Å². The van der Waals surface area contributed by atoms with Crippen molar-refractivity contribution in [3.63, 3.8) is 0 Å². The average molecular weight is 206 g/mol. The maximum absolute atomic E-state index is 11.6. The first-order valence-electron chi connectivity index (χ1n) is 4.74. The fourth-order valence-corrected chi connectivity index (χ4v) is 2.54. The second kappa shape index (κ2) is 4.39. The summed E-state index contributed by atoms with van der Waals surface area (Å²) in [4.78, 5) is 0. The Bertz CT molecular complexity index is 247. The minimum atomic E-state index is -3.00. The Labute approximate surface area is 80.4 Å². The van der Waals surface area contributed by atoms with Crippen LogP contribution in [0.15, 0.2) is 0 Å². The van der Waals surface area contributed by atoms with Gasteiger partial charge in [0.25, 0.3) is 0 Å². The van der Waals surface area contributed by atoms with Crippen molar-refractivity contribution < 1.29 is 8.42 Å². The topological polar surface area (TPSA) is 49.4 Å². The van der Waals surface area contributed by atoms with E-state index in [1.54, 1.807) is 7.05 Å². The summed E-state index contributed by atoms with van der Waals surface area (Å²) < 4.78 is 24.7. The molecular formula is C8H18N2O2S. The van der Waals surface area contributed by atoms with Gasteiger partial charge in [-0.15, -0.1) is 0 Å². The molecule has 0 heterocycles. The molecule has 0 radical (unpaired) electrons. The molecule has 0 aromatic rings. The van der Waals surface area contributed by atoms with Gasteiger partial charge in [0.2, 0.25) is 10.0 Å². The van der Waals surface area contributed by atoms with Gasteiger partial charge in [0.15, 0.2) is 0 Å². The van der Waals surface area contributed by atoms with E-state index in [4.69, 9.17) is 0 Å². The highest BCUT2D eigenvalue weighted by Gasteiger charge is 2.33. The molecule has 1 aliphatic rings. The van der Waals surface area contributed by atoms with Gasteiger partial charge in [-0.1, -0.05) is 6.92 Å². The third-order valence-electron chi connectivity index (χ3n) is 2.29. The molecule has 1 aliphatic carbocycles. The van der Waals surface area contributed by atoms with E-state index in [1.807, 2.05) is 6.92 Å². The second-order valence-electron chi connectivity index (χ2n) is 3.42. The van der Waals surface area contributed by atoms with Crippen molar-refractivity contribution in [2.24, 2.45) is 0 Å². The van der Waals surface area contributed by atoms with Gasteiger partial charge in [0, 0.05) is 19.6 Å². The smallest absolute Gasteiger partial charge is 0.215 e.